The quantitative estimate of drug-likeness (QED) is 0.753. The largest absolute Gasteiger partial charge is 0.370 e. The summed E-state index contributed by atoms with van der Waals surface area (Å²) in [6.07, 6.45) is 17.6. The number of carbonyl (C=O) groups excluding carboxylic acids is 1. The number of fused-ring (bicyclic) bond motifs is 5. The highest BCUT2D eigenvalue weighted by Crippen LogP contribution is 2.65. The van der Waals surface area contributed by atoms with Crippen LogP contribution >= 0.6 is 0 Å². The summed E-state index contributed by atoms with van der Waals surface area (Å²) < 4.78 is 0. The van der Waals surface area contributed by atoms with E-state index in [1.165, 1.54) is 57.8 Å². The third-order valence-electron chi connectivity index (χ3n) is 8.18. The van der Waals surface area contributed by atoms with Crippen LogP contribution in [-0.2, 0) is 4.79 Å². The molecule has 2 nitrogen and oxygen atoms in total. The summed E-state index contributed by atoms with van der Waals surface area (Å²) >= 11 is 0. The maximum atomic E-state index is 11.6. The van der Waals surface area contributed by atoms with E-state index in [0.29, 0.717) is 17.8 Å². The van der Waals surface area contributed by atoms with E-state index in [4.69, 9.17) is 5.73 Å². The average Bonchev–Trinajstić information content (AvgIpc) is 2.89. The molecular weight excluding hydrogens is 270 g/mol. The first-order chi connectivity index (χ1) is 10.6. The third-order valence-corrected chi connectivity index (χ3v) is 8.18. The zero-order valence-corrected chi connectivity index (χ0v) is 14.0. The first-order valence-electron chi connectivity index (χ1n) is 9.51. The Bertz CT molecular complexity index is 498. The summed E-state index contributed by atoms with van der Waals surface area (Å²) in [6, 6.07) is 0. The van der Waals surface area contributed by atoms with Crippen LogP contribution < -0.4 is 5.73 Å². The predicted molar refractivity (Wildman–Crippen MR) is 89.0 cm³/mol. The van der Waals surface area contributed by atoms with Crippen molar-refractivity contribution in [3.8, 4) is 0 Å². The molecule has 0 aromatic heterocycles. The Kier molecular flexibility index (Phi) is 3.43. The van der Waals surface area contributed by atoms with Gasteiger partial charge in [0.15, 0.2) is 0 Å². The topological polar surface area (TPSA) is 43.1 Å². The van der Waals surface area contributed by atoms with E-state index in [1.54, 1.807) is 0 Å². The molecule has 2 N–H and O–H groups in total. The Hall–Kier alpha value is -0.790. The van der Waals surface area contributed by atoms with Crippen molar-refractivity contribution in [2.45, 2.75) is 71.1 Å². The van der Waals surface area contributed by atoms with Gasteiger partial charge >= 0.3 is 0 Å². The van der Waals surface area contributed by atoms with Crippen LogP contribution in [0.3, 0.4) is 0 Å². The highest BCUT2D eigenvalue weighted by Gasteiger charge is 2.57. The van der Waals surface area contributed by atoms with Gasteiger partial charge in [-0.15, -0.1) is 0 Å². The van der Waals surface area contributed by atoms with E-state index in [0.717, 1.165) is 17.8 Å². The Morgan fingerprint density at radius 1 is 1.14 bits per heavy atom. The highest BCUT2D eigenvalue weighted by atomic mass is 16.1. The lowest BCUT2D eigenvalue weighted by Crippen LogP contribution is -2.52. The molecule has 3 saturated carbocycles. The van der Waals surface area contributed by atoms with Crippen molar-refractivity contribution in [2.75, 3.05) is 0 Å². The molecule has 22 heavy (non-hydrogen) atoms. The molecule has 1 amide bonds. The molecule has 4 rings (SSSR count). The fraction of sp³-hybridized carbons (Fsp3) is 0.850. The number of carbonyl (C=O) groups is 1. The van der Waals surface area contributed by atoms with Gasteiger partial charge in [0.25, 0.3) is 0 Å². The molecule has 4 aliphatic rings. The standard InChI is InChI=1S/C20H31NO/c1-19-10-3-2-5-14(19)7-8-15-16(19)9-12-20(13-18(21)22)11-4-6-17(15)20/h4,11,14-17H,2-3,5-10,12-13H2,1H3,(H2,21,22)/t14?,15-,16+,17+,19+,20+/m1/s1. The molecule has 0 bridgehead atoms. The van der Waals surface area contributed by atoms with E-state index >= 15 is 0 Å². The predicted octanol–water partition coefficient (Wildman–Crippen LogP) is 4.44. The minimum Gasteiger partial charge on any atom is -0.370 e. The van der Waals surface area contributed by atoms with Gasteiger partial charge in [-0.05, 0) is 74.0 Å². The Morgan fingerprint density at radius 2 is 2.00 bits per heavy atom. The second kappa shape index (κ2) is 5.11. The SMILES string of the molecule is C[C@]12CCCCC1CC[C@H]1[C@@H]3CC=C[C@@]3(CC(N)=O)CC[C@@H]12. The van der Waals surface area contributed by atoms with Gasteiger partial charge in [-0.3, -0.25) is 4.79 Å². The van der Waals surface area contributed by atoms with Crippen molar-refractivity contribution in [3.63, 3.8) is 0 Å². The number of nitrogens with two attached hydrogens (primary N) is 1. The van der Waals surface area contributed by atoms with Crippen molar-refractivity contribution >= 4 is 5.91 Å². The maximum absolute atomic E-state index is 11.6. The lowest BCUT2D eigenvalue weighted by atomic mass is 9.45. The second-order valence-electron chi connectivity index (χ2n) is 8.96. The molecular formula is C20H31NO. The van der Waals surface area contributed by atoms with Crippen LogP contribution in [0.5, 0.6) is 0 Å². The van der Waals surface area contributed by atoms with Crippen molar-refractivity contribution < 1.29 is 4.79 Å². The van der Waals surface area contributed by atoms with Crippen molar-refractivity contribution in [1.82, 2.24) is 0 Å². The molecule has 1 unspecified atom stereocenters. The molecule has 122 valence electrons. The van der Waals surface area contributed by atoms with E-state index in [9.17, 15) is 4.79 Å². The van der Waals surface area contributed by atoms with Crippen LogP contribution in [0.1, 0.15) is 71.1 Å². The summed E-state index contributed by atoms with van der Waals surface area (Å²) in [5, 5.41) is 0. The van der Waals surface area contributed by atoms with Gasteiger partial charge < -0.3 is 5.73 Å². The van der Waals surface area contributed by atoms with Crippen LogP contribution in [-0.4, -0.2) is 5.91 Å². The van der Waals surface area contributed by atoms with Crippen molar-refractivity contribution in [1.29, 1.82) is 0 Å². The molecule has 0 aromatic carbocycles. The maximum Gasteiger partial charge on any atom is 0.218 e. The Balaban J connectivity index is 1.63. The Morgan fingerprint density at radius 3 is 2.82 bits per heavy atom. The number of primary amides is 1. The van der Waals surface area contributed by atoms with E-state index < -0.39 is 0 Å². The molecule has 3 fully saturated rings. The van der Waals surface area contributed by atoms with Crippen molar-refractivity contribution in [3.05, 3.63) is 12.2 Å². The van der Waals surface area contributed by atoms with Crippen LogP contribution in [0.4, 0.5) is 0 Å². The fourth-order valence-electron chi connectivity index (χ4n) is 7.21. The summed E-state index contributed by atoms with van der Waals surface area (Å²) in [5.41, 5.74) is 6.30. The molecule has 0 radical (unpaired) electrons. The van der Waals surface area contributed by atoms with E-state index in [1.807, 2.05) is 0 Å². The second-order valence-corrected chi connectivity index (χ2v) is 8.96. The van der Waals surface area contributed by atoms with Crippen LogP contribution in [0, 0.1) is 34.5 Å². The minimum atomic E-state index is -0.104. The molecule has 0 aliphatic heterocycles. The van der Waals surface area contributed by atoms with Gasteiger partial charge in [0.1, 0.15) is 0 Å². The van der Waals surface area contributed by atoms with Gasteiger partial charge in [-0.25, -0.2) is 0 Å². The number of hydrogen-bond acceptors (Lipinski definition) is 1. The van der Waals surface area contributed by atoms with Crippen LogP contribution in [0.15, 0.2) is 12.2 Å². The summed E-state index contributed by atoms with van der Waals surface area (Å²) in [5.74, 6) is 3.30. The molecule has 4 aliphatic carbocycles. The molecule has 0 spiro atoms. The molecule has 0 saturated heterocycles. The van der Waals surface area contributed by atoms with E-state index in [-0.39, 0.29) is 11.3 Å². The number of rotatable bonds is 2. The lowest BCUT2D eigenvalue weighted by molar-refractivity contribution is -0.127. The lowest BCUT2D eigenvalue weighted by Gasteiger charge is -2.60. The van der Waals surface area contributed by atoms with Crippen LogP contribution in [0.25, 0.3) is 0 Å². The zero-order chi connectivity index (χ0) is 15.4. The van der Waals surface area contributed by atoms with Gasteiger partial charge in [-0.2, -0.15) is 0 Å². The molecule has 2 heteroatoms. The van der Waals surface area contributed by atoms with Gasteiger partial charge in [0.2, 0.25) is 5.91 Å². The first-order valence-corrected chi connectivity index (χ1v) is 9.51. The van der Waals surface area contributed by atoms with E-state index in [2.05, 4.69) is 19.1 Å². The number of hydrogen-bond donors (Lipinski definition) is 1. The van der Waals surface area contributed by atoms with Crippen molar-refractivity contribution in [2.24, 2.45) is 40.2 Å². The van der Waals surface area contributed by atoms with Crippen LogP contribution in [0.2, 0.25) is 0 Å². The minimum absolute atomic E-state index is 0.104. The molecule has 0 aromatic rings. The number of allylic oxidation sites excluding steroid dienone is 2. The van der Waals surface area contributed by atoms with Gasteiger partial charge in [0, 0.05) is 11.8 Å². The third kappa shape index (κ3) is 2.02. The smallest absolute Gasteiger partial charge is 0.218 e. The van der Waals surface area contributed by atoms with Gasteiger partial charge in [-0.1, -0.05) is 31.9 Å². The summed E-state index contributed by atoms with van der Waals surface area (Å²) in [4.78, 5) is 11.6. The fourth-order valence-corrected chi connectivity index (χ4v) is 7.21. The number of amides is 1. The summed E-state index contributed by atoms with van der Waals surface area (Å²) in [6.45, 7) is 2.61. The van der Waals surface area contributed by atoms with Gasteiger partial charge in [0.05, 0.1) is 0 Å². The molecule has 0 heterocycles. The summed E-state index contributed by atoms with van der Waals surface area (Å²) in [7, 11) is 0. The highest BCUT2D eigenvalue weighted by molar-refractivity contribution is 5.75. The monoisotopic (exact) mass is 301 g/mol. The zero-order valence-electron chi connectivity index (χ0n) is 14.0. The average molecular weight is 301 g/mol. The normalized spacial score (nSPS) is 50.0. The molecule has 6 atom stereocenters. The Labute approximate surface area is 134 Å². The first kappa shape index (κ1) is 14.8.